The van der Waals surface area contributed by atoms with Crippen LogP contribution in [0.15, 0.2) is 29.3 Å². The predicted molar refractivity (Wildman–Crippen MR) is 145 cm³/mol. The van der Waals surface area contributed by atoms with Crippen LogP contribution in [0.2, 0.25) is 5.02 Å². The summed E-state index contributed by atoms with van der Waals surface area (Å²) < 4.78 is 33.6. The van der Waals surface area contributed by atoms with Crippen LogP contribution in [-0.4, -0.2) is 90.2 Å². The molecular weight excluding hydrogens is 550 g/mol. The van der Waals surface area contributed by atoms with Crippen molar-refractivity contribution in [3.8, 4) is 0 Å². The van der Waals surface area contributed by atoms with Gasteiger partial charge in [-0.1, -0.05) is 11.6 Å². The molecule has 1 fully saturated rings. The number of hydrogen-bond acceptors (Lipinski definition) is 8. The fourth-order valence-corrected chi connectivity index (χ4v) is 7.78. The van der Waals surface area contributed by atoms with Gasteiger partial charge in [-0.05, 0) is 44.7 Å². The van der Waals surface area contributed by atoms with Crippen molar-refractivity contribution in [2.75, 3.05) is 39.8 Å². The quantitative estimate of drug-likeness (QED) is 0.428. The van der Waals surface area contributed by atoms with Crippen LogP contribution in [0.5, 0.6) is 0 Å². The second kappa shape index (κ2) is 10.9. The van der Waals surface area contributed by atoms with Gasteiger partial charge in [0.05, 0.1) is 12.3 Å². The highest BCUT2D eigenvalue weighted by Gasteiger charge is 2.38. The van der Waals surface area contributed by atoms with E-state index in [1.54, 1.807) is 36.1 Å². The summed E-state index contributed by atoms with van der Waals surface area (Å²) >= 11 is 7.47. The van der Waals surface area contributed by atoms with Crippen LogP contribution in [0.4, 0.5) is 0 Å². The zero-order valence-electron chi connectivity index (χ0n) is 21.3. The molecule has 2 aliphatic heterocycles. The molecule has 3 aromatic rings. The number of ether oxygens (including phenoxy) is 1. The number of esters is 1. The molecule has 1 unspecified atom stereocenters. The van der Waals surface area contributed by atoms with E-state index in [2.05, 4.69) is 14.9 Å². The number of hydrogen-bond donors (Lipinski definition) is 1. The number of carbonyl (C=O) groups excluding carboxylic acids is 2. The summed E-state index contributed by atoms with van der Waals surface area (Å²) in [4.78, 5) is 38.3. The van der Waals surface area contributed by atoms with Gasteiger partial charge < -0.3 is 19.5 Å². The number of aromatic nitrogens is 2. The normalized spacial score (nSPS) is 19.0. The Morgan fingerprint density at radius 3 is 2.84 bits per heavy atom. The van der Waals surface area contributed by atoms with E-state index in [0.29, 0.717) is 20.9 Å². The molecule has 0 bridgehead atoms. The third kappa shape index (κ3) is 5.46. The molecule has 1 aromatic carbocycles. The molecule has 10 nitrogen and oxygen atoms in total. The number of benzene rings is 1. The van der Waals surface area contributed by atoms with Crippen LogP contribution in [0, 0.1) is 0 Å². The van der Waals surface area contributed by atoms with Gasteiger partial charge in [0, 0.05) is 72.4 Å². The number of amides is 1. The summed E-state index contributed by atoms with van der Waals surface area (Å²) in [6, 6.07) is 6.20. The van der Waals surface area contributed by atoms with E-state index in [9.17, 15) is 18.0 Å². The largest absolute Gasteiger partial charge is 0.466 e. The van der Waals surface area contributed by atoms with Gasteiger partial charge in [0.25, 0.3) is 15.9 Å². The van der Waals surface area contributed by atoms with E-state index in [0.717, 1.165) is 30.1 Å². The highest BCUT2D eigenvalue weighted by molar-refractivity contribution is 7.89. The maximum absolute atomic E-state index is 13.6. The molecule has 2 aliphatic rings. The lowest BCUT2D eigenvalue weighted by Crippen LogP contribution is -2.56. The highest BCUT2D eigenvalue weighted by atomic mass is 35.5. The van der Waals surface area contributed by atoms with Crippen LogP contribution < -0.4 is 0 Å². The molecule has 0 radical (unpaired) electrons. The number of fused-ring (bicyclic) bond motifs is 2. The first-order valence-corrected chi connectivity index (χ1v) is 15.2. The first-order valence-electron chi connectivity index (χ1n) is 12.6. The second-order valence-corrected chi connectivity index (χ2v) is 13.0. The Hall–Kier alpha value is -2.51. The Labute approximate surface area is 230 Å². The van der Waals surface area contributed by atoms with Crippen molar-refractivity contribution in [1.29, 1.82) is 0 Å². The van der Waals surface area contributed by atoms with E-state index in [4.69, 9.17) is 16.3 Å². The van der Waals surface area contributed by atoms with Crippen LogP contribution in [0.1, 0.15) is 40.1 Å². The molecule has 13 heteroatoms. The topological polar surface area (TPSA) is 116 Å². The number of thiazole rings is 1. The Balaban J connectivity index is 1.39. The number of aromatic amines is 1. The van der Waals surface area contributed by atoms with Crippen molar-refractivity contribution in [1.82, 2.24) is 24.1 Å². The van der Waals surface area contributed by atoms with Gasteiger partial charge in [0.2, 0.25) is 0 Å². The average Bonchev–Trinajstić information content (AvgIpc) is 3.51. The number of H-pyrrole nitrogens is 1. The zero-order valence-corrected chi connectivity index (χ0v) is 23.7. The number of nitrogens with one attached hydrogen (secondary N) is 1. The summed E-state index contributed by atoms with van der Waals surface area (Å²) in [6.07, 6.45) is 1.16. The number of nitrogens with zero attached hydrogens (tertiary/aromatic N) is 4. The van der Waals surface area contributed by atoms with E-state index in [1.165, 1.54) is 15.6 Å². The van der Waals surface area contributed by atoms with Crippen LogP contribution >= 0.6 is 22.9 Å². The minimum absolute atomic E-state index is 0.0652. The molecule has 4 heterocycles. The standard InChI is InChI=1S/C25H30ClN5O5S2/c1-3-36-23(32)7-5-18-14-30(38(34,35)22-13-16-12-17(26)4-6-19(16)27-22)10-11-31(18)25(33)24-28-20-8-9-29(2)15-21(20)37-24/h4,6,12-13,18,27H,3,5,7-11,14-15H2,1-2H3. The lowest BCUT2D eigenvalue weighted by molar-refractivity contribution is -0.143. The monoisotopic (exact) mass is 579 g/mol. The summed E-state index contributed by atoms with van der Waals surface area (Å²) in [5.74, 6) is -0.599. The first-order chi connectivity index (χ1) is 18.2. The Morgan fingerprint density at radius 1 is 1.24 bits per heavy atom. The molecule has 1 atom stereocenters. The minimum Gasteiger partial charge on any atom is -0.466 e. The van der Waals surface area contributed by atoms with E-state index in [1.807, 2.05) is 7.05 Å². The van der Waals surface area contributed by atoms with Crippen molar-refractivity contribution in [3.05, 3.63) is 44.9 Å². The number of halogens is 1. The fourth-order valence-electron chi connectivity index (χ4n) is 4.97. The molecule has 1 amide bonds. The molecule has 0 aliphatic carbocycles. The van der Waals surface area contributed by atoms with Gasteiger partial charge >= 0.3 is 5.97 Å². The molecular formula is C25H30ClN5O5S2. The third-order valence-electron chi connectivity index (χ3n) is 6.97. The van der Waals surface area contributed by atoms with Gasteiger partial charge in [-0.15, -0.1) is 11.3 Å². The molecule has 2 aromatic heterocycles. The number of likely N-dealkylation sites (N-methyl/N-ethyl adjacent to an activating group) is 1. The smallest absolute Gasteiger partial charge is 0.305 e. The molecule has 5 rings (SSSR count). The fraction of sp³-hybridized carbons (Fsp3) is 0.480. The summed E-state index contributed by atoms with van der Waals surface area (Å²) in [5.41, 5.74) is 1.62. The van der Waals surface area contributed by atoms with Gasteiger partial charge in [0.15, 0.2) is 5.01 Å². The van der Waals surface area contributed by atoms with E-state index >= 15 is 0 Å². The van der Waals surface area contributed by atoms with E-state index < -0.39 is 16.1 Å². The number of piperazine rings is 1. The van der Waals surface area contributed by atoms with Gasteiger partial charge in [-0.2, -0.15) is 4.31 Å². The zero-order chi connectivity index (χ0) is 27.0. The van der Waals surface area contributed by atoms with E-state index in [-0.39, 0.29) is 56.0 Å². The minimum atomic E-state index is -3.88. The molecule has 1 saturated heterocycles. The van der Waals surface area contributed by atoms with Crippen molar-refractivity contribution in [2.24, 2.45) is 0 Å². The molecule has 0 saturated carbocycles. The van der Waals surface area contributed by atoms with Crippen molar-refractivity contribution >= 4 is 55.7 Å². The van der Waals surface area contributed by atoms with Gasteiger partial charge in [-0.3, -0.25) is 9.59 Å². The Kier molecular flexibility index (Phi) is 7.79. The Morgan fingerprint density at radius 2 is 2.05 bits per heavy atom. The van der Waals surface area contributed by atoms with Gasteiger partial charge in [-0.25, -0.2) is 13.4 Å². The summed E-state index contributed by atoms with van der Waals surface area (Å²) in [6.45, 7) is 4.04. The summed E-state index contributed by atoms with van der Waals surface area (Å²) in [5, 5.41) is 1.69. The van der Waals surface area contributed by atoms with Gasteiger partial charge in [0.1, 0.15) is 5.03 Å². The number of carbonyl (C=O) groups is 2. The Bertz CT molecular complexity index is 1470. The first kappa shape index (κ1) is 27.1. The average molecular weight is 580 g/mol. The molecule has 0 spiro atoms. The van der Waals surface area contributed by atoms with Crippen molar-refractivity contribution in [3.63, 3.8) is 0 Å². The van der Waals surface area contributed by atoms with Crippen molar-refractivity contribution < 1.29 is 22.7 Å². The maximum atomic E-state index is 13.6. The molecule has 204 valence electrons. The third-order valence-corrected chi connectivity index (χ3v) is 10.1. The lowest BCUT2D eigenvalue weighted by atomic mass is 10.1. The molecule has 1 N–H and O–H groups in total. The number of rotatable bonds is 7. The molecule has 38 heavy (non-hydrogen) atoms. The highest BCUT2D eigenvalue weighted by Crippen LogP contribution is 2.29. The van der Waals surface area contributed by atoms with Crippen molar-refractivity contribution in [2.45, 2.75) is 43.8 Å². The van der Waals surface area contributed by atoms with Crippen LogP contribution in [-0.2, 0) is 32.5 Å². The van der Waals surface area contributed by atoms with Crippen LogP contribution in [0.3, 0.4) is 0 Å². The number of sulfonamides is 1. The van der Waals surface area contributed by atoms with Crippen LogP contribution in [0.25, 0.3) is 10.9 Å². The SMILES string of the molecule is CCOC(=O)CCC1CN(S(=O)(=O)c2cc3cc(Cl)ccc3[nH]2)CCN1C(=O)c1nc2c(s1)CN(C)CC2. The maximum Gasteiger partial charge on any atom is 0.305 e. The summed E-state index contributed by atoms with van der Waals surface area (Å²) in [7, 11) is -1.84. The second-order valence-electron chi connectivity index (χ2n) is 9.60. The lowest BCUT2D eigenvalue weighted by Gasteiger charge is -2.40. The predicted octanol–water partition coefficient (Wildman–Crippen LogP) is 3.12.